The lowest BCUT2D eigenvalue weighted by Crippen LogP contribution is -1.92. The van der Waals surface area contributed by atoms with E-state index in [0.717, 1.165) is 0 Å². The van der Waals surface area contributed by atoms with Gasteiger partial charge in [-0.1, -0.05) is 5.92 Å². The summed E-state index contributed by atoms with van der Waals surface area (Å²) < 4.78 is 17.2. The number of halogens is 1. The minimum absolute atomic E-state index is 0.183. The third-order valence-electron chi connectivity index (χ3n) is 1.06. The van der Waals surface area contributed by atoms with E-state index in [0.29, 0.717) is 5.75 Å². The molecule has 1 radical (unpaired) electrons. The number of hydrogen-bond acceptors (Lipinski definition) is 1. The average molecular weight is 149 g/mol. The van der Waals surface area contributed by atoms with E-state index in [9.17, 15) is 4.39 Å². The van der Waals surface area contributed by atoms with Gasteiger partial charge in [0.2, 0.25) is 0 Å². The summed E-state index contributed by atoms with van der Waals surface area (Å²) in [7, 11) is 0. The lowest BCUT2D eigenvalue weighted by molar-refractivity contribution is 0.369. The Hall–Kier alpha value is -1.49. The van der Waals surface area contributed by atoms with Crippen molar-refractivity contribution in [2.75, 3.05) is 6.61 Å². The van der Waals surface area contributed by atoms with Crippen molar-refractivity contribution in [1.29, 1.82) is 0 Å². The van der Waals surface area contributed by atoms with Gasteiger partial charge in [-0.05, 0) is 18.2 Å². The SMILES string of the molecule is C#CCOc1[c]cc(F)cc1. The molecule has 2 heteroatoms. The van der Waals surface area contributed by atoms with Gasteiger partial charge in [-0.2, -0.15) is 0 Å². The topological polar surface area (TPSA) is 9.23 Å². The molecule has 55 valence electrons. The Morgan fingerprint density at radius 3 is 3.00 bits per heavy atom. The van der Waals surface area contributed by atoms with E-state index in [-0.39, 0.29) is 12.4 Å². The Morgan fingerprint density at radius 2 is 2.45 bits per heavy atom. The first kappa shape index (κ1) is 7.62. The van der Waals surface area contributed by atoms with Crippen molar-refractivity contribution >= 4 is 0 Å². The predicted octanol–water partition coefficient (Wildman–Crippen LogP) is 1.64. The van der Waals surface area contributed by atoms with Gasteiger partial charge in [-0.25, -0.2) is 4.39 Å². The van der Waals surface area contributed by atoms with Crippen molar-refractivity contribution in [3.63, 3.8) is 0 Å². The molecule has 0 atom stereocenters. The van der Waals surface area contributed by atoms with Crippen LogP contribution < -0.4 is 4.74 Å². The summed E-state index contributed by atoms with van der Waals surface area (Å²) in [5.41, 5.74) is 0. The Kier molecular flexibility index (Phi) is 2.51. The molecule has 0 spiro atoms. The van der Waals surface area contributed by atoms with Crippen molar-refractivity contribution < 1.29 is 9.13 Å². The number of terminal acetylenes is 1. The zero-order chi connectivity index (χ0) is 8.10. The van der Waals surface area contributed by atoms with Gasteiger partial charge < -0.3 is 4.74 Å². The standard InChI is InChI=1S/C9H6FO/c1-2-7-11-9-5-3-8(10)4-6-9/h1,3-5H,7H2. The maximum Gasteiger partial charge on any atom is 0.148 e. The van der Waals surface area contributed by atoms with Crippen molar-refractivity contribution in [3.8, 4) is 18.1 Å². The highest BCUT2D eigenvalue weighted by Crippen LogP contribution is 2.09. The van der Waals surface area contributed by atoms with Crippen LogP contribution in [-0.2, 0) is 0 Å². The summed E-state index contributed by atoms with van der Waals surface area (Å²) in [6, 6.07) is 6.55. The monoisotopic (exact) mass is 149 g/mol. The quantitative estimate of drug-likeness (QED) is 0.581. The Morgan fingerprint density at radius 1 is 1.64 bits per heavy atom. The molecular formula is C9H6FO. The van der Waals surface area contributed by atoms with Gasteiger partial charge in [0.15, 0.2) is 0 Å². The number of rotatable bonds is 2. The molecule has 0 heterocycles. The minimum Gasteiger partial charge on any atom is -0.480 e. The van der Waals surface area contributed by atoms with Crippen LogP contribution in [0.15, 0.2) is 18.2 Å². The molecule has 0 N–H and O–H groups in total. The van der Waals surface area contributed by atoms with E-state index in [2.05, 4.69) is 12.0 Å². The largest absolute Gasteiger partial charge is 0.480 e. The van der Waals surface area contributed by atoms with Crippen LogP contribution in [0.4, 0.5) is 4.39 Å². The van der Waals surface area contributed by atoms with E-state index < -0.39 is 0 Å². The van der Waals surface area contributed by atoms with Gasteiger partial charge in [-0.15, -0.1) is 6.42 Å². The normalized spacial score (nSPS) is 8.73. The third kappa shape index (κ3) is 2.30. The molecule has 1 aromatic rings. The molecule has 1 rings (SSSR count). The predicted molar refractivity (Wildman–Crippen MR) is 39.6 cm³/mol. The third-order valence-corrected chi connectivity index (χ3v) is 1.06. The van der Waals surface area contributed by atoms with Crippen LogP contribution >= 0.6 is 0 Å². The Labute approximate surface area is 64.8 Å². The summed E-state index contributed by atoms with van der Waals surface area (Å²) in [6.07, 6.45) is 4.94. The molecule has 0 aliphatic heterocycles. The second kappa shape index (κ2) is 3.62. The lowest BCUT2D eigenvalue weighted by atomic mass is 10.3. The summed E-state index contributed by atoms with van der Waals surface area (Å²) in [6.45, 7) is 0.183. The molecule has 0 amide bonds. The van der Waals surface area contributed by atoms with Crippen LogP contribution in [0.1, 0.15) is 0 Å². The first-order valence-corrected chi connectivity index (χ1v) is 3.06. The van der Waals surface area contributed by atoms with Gasteiger partial charge in [0, 0.05) is 6.07 Å². The Bertz CT molecular complexity index is 258. The summed E-state index contributed by atoms with van der Waals surface area (Å²) in [5.74, 6) is 2.42. The van der Waals surface area contributed by atoms with Crippen LogP contribution in [-0.4, -0.2) is 6.61 Å². The zero-order valence-corrected chi connectivity index (χ0v) is 5.80. The molecule has 0 bridgehead atoms. The van der Waals surface area contributed by atoms with Gasteiger partial charge >= 0.3 is 0 Å². The second-order valence-electron chi connectivity index (χ2n) is 1.86. The summed E-state index contributed by atoms with van der Waals surface area (Å²) >= 11 is 0. The van der Waals surface area contributed by atoms with Crippen molar-refractivity contribution in [3.05, 3.63) is 30.1 Å². The molecule has 0 unspecified atom stereocenters. The number of hydrogen-bond donors (Lipinski definition) is 0. The number of benzene rings is 1. The van der Waals surface area contributed by atoms with Crippen LogP contribution in [0.5, 0.6) is 5.75 Å². The fourth-order valence-electron chi connectivity index (χ4n) is 0.601. The molecule has 1 nitrogen and oxygen atoms in total. The van der Waals surface area contributed by atoms with Crippen LogP contribution in [0.2, 0.25) is 0 Å². The van der Waals surface area contributed by atoms with Crippen molar-refractivity contribution in [2.24, 2.45) is 0 Å². The molecule has 0 fully saturated rings. The lowest BCUT2D eigenvalue weighted by Gasteiger charge is -1.99. The first-order valence-electron chi connectivity index (χ1n) is 3.06. The molecule has 0 aliphatic carbocycles. The highest BCUT2D eigenvalue weighted by molar-refractivity contribution is 5.20. The van der Waals surface area contributed by atoms with E-state index in [1.807, 2.05) is 0 Å². The van der Waals surface area contributed by atoms with E-state index >= 15 is 0 Å². The highest BCUT2D eigenvalue weighted by atomic mass is 19.1. The van der Waals surface area contributed by atoms with Crippen LogP contribution in [0, 0.1) is 24.2 Å². The van der Waals surface area contributed by atoms with Gasteiger partial charge in [0.05, 0.1) is 0 Å². The molecule has 0 aliphatic rings. The highest BCUT2D eigenvalue weighted by Gasteiger charge is 1.91. The smallest absolute Gasteiger partial charge is 0.148 e. The van der Waals surface area contributed by atoms with E-state index in [1.165, 1.54) is 18.2 Å². The zero-order valence-electron chi connectivity index (χ0n) is 5.80. The summed E-state index contributed by atoms with van der Waals surface area (Å²) in [5, 5.41) is 0. The van der Waals surface area contributed by atoms with Crippen LogP contribution in [0.3, 0.4) is 0 Å². The molecule has 0 saturated heterocycles. The molecule has 1 aromatic carbocycles. The molecule has 0 aromatic heterocycles. The van der Waals surface area contributed by atoms with Gasteiger partial charge in [0.25, 0.3) is 0 Å². The fourth-order valence-corrected chi connectivity index (χ4v) is 0.601. The van der Waals surface area contributed by atoms with Crippen LogP contribution in [0.25, 0.3) is 0 Å². The van der Waals surface area contributed by atoms with Gasteiger partial charge in [0.1, 0.15) is 18.2 Å². The van der Waals surface area contributed by atoms with Crippen molar-refractivity contribution in [2.45, 2.75) is 0 Å². The maximum atomic E-state index is 12.3. The van der Waals surface area contributed by atoms with E-state index in [4.69, 9.17) is 11.2 Å². The second-order valence-corrected chi connectivity index (χ2v) is 1.86. The maximum absolute atomic E-state index is 12.3. The average Bonchev–Trinajstić information content (AvgIpc) is 2.04. The molecular weight excluding hydrogens is 143 g/mol. The fraction of sp³-hybridized carbons (Fsp3) is 0.111. The molecule has 0 saturated carbocycles. The summed E-state index contributed by atoms with van der Waals surface area (Å²) in [4.78, 5) is 0. The van der Waals surface area contributed by atoms with E-state index in [1.54, 1.807) is 0 Å². The first-order chi connectivity index (χ1) is 5.33. The molecule has 11 heavy (non-hydrogen) atoms. The van der Waals surface area contributed by atoms with Gasteiger partial charge in [-0.3, -0.25) is 0 Å². The minimum atomic E-state index is -0.335. The van der Waals surface area contributed by atoms with Crippen molar-refractivity contribution in [1.82, 2.24) is 0 Å². The Balaban J connectivity index is 2.60. The number of ether oxygens (including phenoxy) is 1.